The highest BCUT2D eigenvalue weighted by Crippen LogP contribution is 2.22. The van der Waals surface area contributed by atoms with Gasteiger partial charge in [-0.05, 0) is 49.8 Å². The summed E-state index contributed by atoms with van der Waals surface area (Å²) < 4.78 is 20.7. The van der Waals surface area contributed by atoms with Crippen LogP contribution in [0.2, 0.25) is 0 Å². The highest BCUT2D eigenvalue weighted by molar-refractivity contribution is 5.90. The molecule has 0 bridgehead atoms. The Balaban J connectivity index is 1.67. The number of carbonyl (C=O) groups is 2. The van der Waals surface area contributed by atoms with Gasteiger partial charge in [-0.2, -0.15) is 0 Å². The number of amides is 1. The number of nitrogens with one attached hydrogen (secondary N) is 1. The highest BCUT2D eigenvalue weighted by Gasteiger charge is 2.10. The summed E-state index contributed by atoms with van der Waals surface area (Å²) >= 11 is 0. The Morgan fingerprint density at radius 2 is 1.78 bits per heavy atom. The predicted octanol–water partition coefficient (Wildman–Crippen LogP) is 4.52. The van der Waals surface area contributed by atoms with Crippen molar-refractivity contribution in [1.29, 1.82) is 0 Å². The third kappa shape index (κ3) is 6.21. The minimum atomic E-state index is -0.612. The fraction of sp³-hybridized carbons (Fsp3) is 0.208. The molecule has 3 rings (SSSR count). The van der Waals surface area contributed by atoms with Crippen molar-refractivity contribution in [2.75, 3.05) is 18.5 Å². The molecule has 0 saturated carbocycles. The van der Waals surface area contributed by atoms with Gasteiger partial charge in [0.15, 0.2) is 0 Å². The lowest BCUT2D eigenvalue weighted by Gasteiger charge is -2.08. The van der Waals surface area contributed by atoms with Crippen LogP contribution in [0.3, 0.4) is 0 Å². The maximum atomic E-state index is 12.1. The van der Waals surface area contributed by atoms with Crippen molar-refractivity contribution in [3.8, 4) is 5.75 Å². The molecule has 0 aliphatic carbocycles. The van der Waals surface area contributed by atoms with E-state index in [9.17, 15) is 14.4 Å². The molecule has 1 amide bonds. The number of anilines is 1. The molecule has 166 valence electrons. The maximum Gasteiger partial charge on any atom is 0.411 e. The Hall–Kier alpha value is -4.07. The third-order valence-corrected chi connectivity index (χ3v) is 4.32. The summed E-state index contributed by atoms with van der Waals surface area (Å²) in [5, 5.41) is 3.13. The van der Waals surface area contributed by atoms with Crippen LogP contribution in [0, 0.1) is 0 Å². The van der Waals surface area contributed by atoms with Crippen LogP contribution in [0.4, 0.5) is 10.5 Å². The van der Waals surface area contributed by atoms with Crippen molar-refractivity contribution < 1.29 is 28.2 Å². The summed E-state index contributed by atoms with van der Waals surface area (Å²) in [7, 11) is 0. The minimum Gasteiger partial charge on any atom is -0.494 e. The van der Waals surface area contributed by atoms with Crippen LogP contribution in [0.25, 0.3) is 17.0 Å². The van der Waals surface area contributed by atoms with Crippen LogP contribution in [0.5, 0.6) is 5.75 Å². The summed E-state index contributed by atoms with van der Waals surface area (Å²) in [6, 6.07) is 13.4. The molecule has 0 aliphatic heterocycles. The second kappa shape index (κ2) is 10.8. The van der Waals surface area contributed by atoms with Crippen molar-refractivity contribution in [2.45, 2.75) is 20.5 Å². The van der Waals surface area contributed by atoms with Crippen LogP contribution in [-0.4, -0.2) is 25.3 Å². The van der Waals surface area contributed by atoms with Gasteiger partial charge in [-0.1, -0.05) is 12.1 Å². The lowest BCUT2D eigenvalue weighted by atomic mass is 10.1. The van der Waals surface area contributed by atoms with Gasteiger partial charge < -0.3 is 18.6 Å². The number of carbonyl (C=O) groups excluding carboxylic acids is 2. The number of fused-ring (bicyclic) bond motifs is 1. The van der Waals surface area contributed by atoms with E-state index in [1.165, 1.54) is 18.2 Å². The first-order chi connectivity index (χ1) is 15.5. The van der Waals surface area contributed by atoms with E-state index in [1.807, 2.05) is 31.2 Å². The number of benzene rings is 2. The molecule has 0 saturated heterocycles. The van der Waals surface area contributed by atoms with Crippen molar-refractivity contribution in [3.63, 3.8) is 0 Å². The van der Waals surface area contributed by atoms with Crippen molar-refractivity contribution in [2.24, 2.45) is 0 Å². The van der Waals surface area contributed by atoms with E-state index in [0.717, 1.165) is 11.3 Å². The topological polar surface area (TPSA) is 104 Å². The molecule has 1 heterocycles. The summed E-state index contributed by atoms with van der Waals surface area (Å²) in [5.74, 6) is 0.198. The molecule has 0 spiro atoms. The standard InChI is InChI=1S/C24H23NO7/c1-3-29-19-9-5-16(6-10-19)7-12-22(26)31-15-17-13-23(27)32-21-14-18(8-11-20(17)21)25-24(28)30-4-2/h5-14H,3-4,15H2,1-2H3,(H,25,28)/b12-7+. The Kier molecular flexibility index (Phi) is 7.64. The minimum absolute atomic E-state index is 0.112. The zero-order valence-electron chi connectivity index (χ0n) is 17.8. The van der Waals surface area contributed by atoms with E-state index in [1.54, 1.807) is 25.1 Å². The molecular formula is C24H23NO7. The van der Waals surface area contributed by atoms with Gasteiger partial charge >= 0.3 is 17.7 Å². The quantitative estimate of drug-likeness (QED) is 0.314. The van der Waals surface area contributed by atoms with E-state index in [0.29, 0.717) is 23.2 Å². The molecule has 8 nitrogen and oxygen atoms in total. The number of hydrogen-bond donors (Lipinski definition) is 1. The van der Waals surface area contributed by atoms with Crippen LogP contribution in [0.15, 0.2) is 63.8 Å². The Morgan fingerprint density at radius 3 is 2.50 bits per heavy atom. The van der Waals surface area contributed by atoms with Gasteiger partial charge in [0.1, 0.15) is 17.9 Å². The second-order valence-electron chi connectivity index (χ2n) is 6.59. The number of rotatable bonds is 8. The van der Waals surface area contributed by atoms with E-state index < -0.39 is 17.7 Å². The zero-order valence-corrected chi connectivity index (χ0v) is 17.8. The van der Waals surface area contributed by atoms with Gasteiger partial charge in [0.05, 0.1) is 13.2 Å². The molecular weight excluding hydrogens is 414 g/mol. The Bertz CT molecular complexity index is 1180. The first-order valence-electron chi connectivity index (χ1n) is 10.1. The molecule has 1 N–H and O–H groups in total. The molecule has 2 aromatic carbocycles. The number of hydrogen-bond acceptors (Lipinski definition) is 7. The van der Waals surface area contributed by atoms with E-state index >= 15 is 0 Å². The SMILES string of the molecule is CCOC(=O)Nc1ccc2c(COC(=O)/C=C/c3ccc(OCC)cc3)cc(=O)oc2c1. The Labute approximate surface area is 184 Å². The normalized spacial score (nSPS) is 10.8. The van der Waals surface area contributed by atoms with Gasteiger partial charge in [0.25, 0.3) is 0 Å². The lowest BCUT2D eigenvalue weighted by Crippen LogP contribution is -2.13. The largest absolute Gasteiger partial charge is 0.494 e. The van der Waals surface area contributed by atoms with Crippen LogP contribution < -0.4 is 15.7 Å². The zero-order chi connectivity index (χ0) is 22.9. The van der Waals surface area contributed by atoms with Gasteiger partial charge in [-0.25, -0.2) is 14.4 Å². The van der Waals surface area contributed by atoms with Crippen molar-refractivity contribution >= 4 is 34.8 Å². The lowest BCUT2D eigenvalue weighted by molar-refractivity contribution is -0.138. The van der Waals surface area contributed by atoms with Gasteiger partial charge in [-0.15, -0.1) is 0 Å². The first kappa shape index (κ1) is 22.6. The molecule has 8 heteroatoms. The summed E-state index contributed by atoms with van der Waals surface area (Å²) in [6.45, 7) is 4.30. The number of esters is 1. The van der Waals surface area contributed by atoms with Gasteiger partial charge in [0.2, 0.25) is 0 Å². The summed E-state index contributed by atoms with van der Waals surface area (Å²) in [4.78, 5) is 35.6. The monoisotopic (exact) mass is 437 g/mol. The average molecular weight is 437 g/mol. The summed E-state index contributed by atoms with van der Waals surface area (Å²) in [5.41, 5.74) is 1.37. The highest BCUT2D eigenvalue weighted by atomic mass is 16.5. The Morgan fingerprint density at radius 1 is 1.00 bits per heavy atom. The second-order valence-corrected chi connectivity index (χ2v) is 6.59. The molecule has 3 aromatic rings. The van der Waals surface area contributed by atoms with Gasteiger partial charge in [0, 0.05) is 34.8 Å². The van der Waals surface area contributed by atoms with E-state index in [2.05, 4.69) is 5.32 Å². The molecule has 0 radical (unpaired) electrons. The van der Waals surface area contributed by atoms with Crippen molar-refractivity contribution in [1.82, 2.24) is 0 Å². The van der Waals surface area contributed by atoms with E-state index in [-0.39, 0.29) is 18.8 Å². The van der Waals surface area contributed by atoms with Crippen LogP contribution in [0.1, 0.15) is 25.0 Å². The fourth-order valence-electron chi connectivity index (χ4n) is 2.92. The predicted molar refractivity (Wildman–Crippen MR) is 120 cm³/mol. The van der Waals surface area contributed by atoms with Crippen LogP contribution >= 0.6 is 0 Å². The smallest absolute Gasteiger partial charge is 0.411 e. The molecule has 0 fully saturated rings. The maximum absolute atomic E-state index is 12.1. The molecule has 32 heavy (non-hydrogen) atoms. The van der Waals surface area contributed by atoms with Gasteiger partial charge in [-0.3, -0.25) is 5.32 Å². The number of ether oxygens (including phenoxy) is 3. The van der Waals surface area contributed by atoms with E-state index in [4.69, 9.17) is 18.6 Å². The summed E-state index contributed by atoms with van der Waals surface area (Å²) in [6.07, 6.45) is 2.33. The van der Waals surface area contributed by atoms with Crippen LogP contribution in [-0.2, 0) is 20.9 Å². The fourth-order valence-corrected chi connectivity index (χ4v) is 2.92. The average Bonchev–Trinajstić information content (AvgIpc) is 2.77. The molecule has 0 unspecified atom stereocenters. The third-order valence-electron chi connectivity index (χ3n) is 4.32. The molecule has 0 atom stereocenters. The van der Waals surface area contributed by atoms with Crippen molar-refractivity contribution in [3.05, 3.63) is 76.2 Å². The molecule has 0 aliphatic rings. The first-order valence-corrected chi connectivity index (χ1v) is 10.1. The molecule has 1 aromatic heterocycles.